The van der Waals surface area contributed by atoms with Gasteiger partial charge in [-0.15, -0.1) is 10.2 Å². The minimum absolute atomic E-state index is 0.0861. The number of amides is 2. The molecule has 0 unspecified atom stereocenters. The van der Waals surface area contributed by atoms with Gasteiger partial charge in [-0.05, 0) is 31.1 Å². The molecule has 3 N–H and O–H groups in total. The molecule has 7 heteroatoms. The molecule has 7 nitrogen and oxygen atoms in total. The first-order chi connectivity index (χ1) is 11.0. The average Bonchev–Trinajstić information content (AvgIpc) is 2.76. The van der Waals surface area contributed by atoms with Crippen LogP contribution in [-0.4, -0.2) is 39.1 Å². The van der Waals surface area contributed by atoms with Crippen LogP contribution in [0.4, 0.5) is 4.79 Å². The maximum atomic E-state index is 11.8. The van der Waals surface area contributed by atoms with Crippen molar-refractivity contribution in [2.75, 3.05) is 13.2 Å². The lowest BCUT2D eigenvalue weighted by Crippen LogP contribution is -2.36. The number of hydrogen-bond donors (Lipinski definition) is 3. The van der Waals surface area contributed by atoms with Crippen LogP contribution in [0.5, 0.6) is 0 Å². The summed E-state index contributed by atoms with van der Waals surface area (Å²) in [6.07, 6.45) is 6.23. The van der Waals surface area contributed by atoms with Crippen molar-refractivity contribution in [3.63, 3.8) is 0 Å². The number of rotatable bonds is 7. The molecule has 0 radical (unpaired) electrons. The molecule has 0 aliphatic carbocycles. The Labute approximate surface area is 137 Å². The number of aliphatic hydroxyl groups is 1. The van der Waals surface area contributed by atoms with Gasteiger partial charge in [0.15, 0.2) is 5.82 Å². The first-order valence-corrected chi connectivity index (χ1v) is 8.55. The normalized spacial score (nSPS) is 14.9. The fourth-order valence-corrected chi connectivity index (χ4v) is 2.75. The third-order valence-corrected chi connectivity index (χ3v) is 4.34. The topological polar surface area (TPSA) is 92.1 Å². The molecule has 130 valence electrons. The van der Waals surface area contributed by atoms with Crippen LogP contribution < -0.4 is 10.6 Å². The van der Waals surface area contributed by atoms with Crippen molar-refractivity contribution in [3.05, 3.63) is 11.6 Å². The zero-order valence-electron chi connectivity index (χ0n) is 14.3. The Bertz CT molecular complexity index is 513. The third kappa shape index (κ3) is 5.49. The van der Waals surface area contributed by atoms with Gasteiger partial charge in [-0.25, -0.2) is 4.79 Å². The lowest BCUT2D eigenvalue weighted by atomic mass is 9.89. The highest BCUT2D eigenvalue weighted by atomic mass is 16.3. The Morgan fingerprint density at radius 2 is 2.09 bits per heavy atom. The monoisotopic (exact) mass is 323 g/mol. The van der Waals surface area contributed by atoms with Gasteiger partial charge < -0.3 is 20.3 Å². The summed E-state index contributed by atoms with van der Waals surface area (Å²) in [6.45, 7) is 6.15. The molecule has 1 aromatic rings. The summed E-state index contributed by atoms with van der Waals surface area (Å²) < 4.78 is 2.14. The predicted octanol–water partition coefficient (Wildman–Crippen LogP) is 1.60. The Kier molecular flexibility index (Phi) is 6.38. The molecule has 2 rings (SSSR count). The molecule has 1 aliphatic heterocycles. The smallest absolute Gasteiger partial charge is 0.315 e. The summed E-state index contributed by atoms with van der Waals surface area (Å²) >= 11 is 0. The molecule has 0 bridgehead atoms. The van der Waals surface area contributed by atoms with Crippen molar-refractivity contribution in [1.82, 2.24) is 25.4 Å². The summed E-state index contributed by atoms with van der Waals surface area (Å²) in [5, 5.41) is 23.3. The van der Waals surface area contributed by atoms with Crippen LogP contribution in [0.2, 0.25) is 0 Å². The summed E-state index contributed by atoms with van der Waals surface area (Å²) in [5.41, 5.74) is -0.0861. The number of nitrogens with zero attached hydrogens (tertiary/aromatic N) is 3. The van der Waals surface area contributed by atoms with Gasteiger partial charge in [0.05, 0.1) is 6.54 Å². The second kappa shape index (κ2) is 8.29. The molecule has 1 aliphatic rings. The Morgan fingerprint density at radius 1 is 1.26 bits per heavy atom. The molecule has 0 saturated heterocycles. The average molecular weight is 323 g/mol. The van der Waals surface area contributed by atoms with E-state index in [9.17, 15) is 9.90 Å². The number of urea groups is 1. The second-order valence-electron chi connectivity index (χ2n) is 7.03. The predicted molar refractivity (Wildman–Crippen MR) is 87.9 cm³/mol. The Balaban J connectivity index is 1.70. The zero-order valence-corrected chi connectivity index (χ0v) is 14.3. The molecule has 1 aromatic heterocycles. The molecule has 23 heavy (non-hydrogen) atoms. The molecule has 0 saturated carbocycles. The number of fused-ring (bicyclic) bond motifs is 1. The SMILES string of the molecule is CC(C)(CO)CCCNC(=O)NCc1nnc2n1CCCCC2. The fourth-order valence-electron chi connectivity index (χ4n) is 2.75. The number of nitrogens with one attached hydrogen (secondary N) is 2. The molecular formula is C16H29N5O2. The minimum atomic E-state index is -0.183. The number of aryl methyl sites for hydroxylation is 1. The quantitative estimate of drug-likeness (QED) is 0.665. The third-order valence-electron chi connectivity index (χ3n) is 4.34. The summed E-state index contributed by atoms with van der Waals surface area (Å²) in [5.74, 6) is 1.87. The van der Waals surface area contributed by atoms with Gasteiger partial charge in [-0.2, -0.15) is 0 Å². The van der Waals surface area contributed by atoms with Crippen molar-refractivity contribution in [1.29, 1.82) is 0 Å². The minimum Gasteiger partial charge on any atom is -0.396 e. The van der Waals surface area contributed by atoms with E-state index < -0.39 is 0 Å². The molecule has 0 aromatic carbocycles. The largest absolute Gasteiger partial charge is 0.396 e. The fraction of sp³-hybridized carbons (Fsp3) is 0.812. The molecule has 2 heterocycles. The van der Waals surface area contributed by atoms with Crippen LogP contribution in [0.1, 0.15) is 57.6 Å². The lowest BCUT2D eigenvalue weighted by molar-refractivity contribution is 0.148. The highest BCUT2D eigenvalue weighted by Crippen LogP contribution is 2.20. The molecule has 0 fully saturated rings. The van der Waals surface area contributed by atoms with Gasteiger partial charge in [0.1, 0.15) is 5.82 Å². The first kappa shape index (κ1) is 17.7. The number of hydrogen-bond acceptors (Lipinski definition) is 4. The lowest BCUT2D eigenvalue weighted by Gasteiger charge is -2.21. The number of aliphatic hydroxyl groups excluding tert-OH is 1. The van der Waals surface area contributed by atoms with E-state index in [1.807, 2.05) is 13.8 Å². The van der Waals surface area contributed by atoms with Gasteiger partial charge in [-0.1, -0.05) is 20.3 Å². The van der Waals surface area contributed by atoms with Gasteiger partial charge in [0.2, 0.25) is 0 Å². The van der Waals surface area contributed by atoms with Gasteiger partial charge in [0, 0.05) is 26.1 Å². The van der Waals surface area contributed by atoms with E-state index in [2.05, 4.69) is 25.4 Å². The van der Waals surface area contributed by atoms with Crippen LogP contribution in [0.25, 0.3) is 0 Å². The maximum Gasteiger partial charge on any atom is 0.315 e. The highest BCUT2D eigenvalue weighted by molar-refractivity contribution is 5.73. The standard InChI is InChI=1S/C16H29N5O2/c1-16(2,12-22)8-6-9-17-15(23)18-11-14-20-19-13-7-4-3-5-10-21(13)14/h22H,3-12H2,1-2H3,(H2,17,18,23). The van der Waals surface area contributed by atoms with Gasteiger partial charge >= 0.3 is 6.03 Å². The van der Waals surface area contributed by atoms with Crippen LogP contribution in [0, 0.1) is 5.41 Å². The van der Waals surface area contributed by atoms with Gasteiger partial charge in [-0.3, -0.25) is 0 Å². The maximum absolute atomic E-state index is 11.8. The Morgan fingerprint density at radius 3 is 2.87 bits per heavy atom. The molecule has 0 spiro atoms. The number of carbonyl (C=O) groups is 1. The summed E-state index contributed by atoms with van der Waals surface area (Å²) in [4.78, 5) is 11.8. The van der Waals surface area contributed by atoms with E-state index in [-0.39, 0.29) is 18.1 Å². The highest BCUT2D eigenvalue weighted by Gasteiger charge is 2.16. The van der Waals surface area contributed by atoms with Crippen molar-refractivity contribution >= 4 is 6.03 Å². The first-order valence-electron chi connectivity index (χ1n) is 8.55. The summed E-state index contributed by atoms with van der Waals surface area (Å²) in [7, 11) is 0. The zero-order chi connectivity index (χ0) is 16.7. The van der Waals surface area contributed by atoms with Crippen LogP contribution in [0.15, 0.2) is 0 Å². The number of carbonyl (C=O) groups excluding carboxylic acids is 1. The molecular weight excluding hydrogens is 294 g/mol. The van der Waals surface area contributed by atoms with E-state index in [0.29, 0.717) is 13.1 Å². The van der Waals surface area contributed by atoms with E-state index in [1.54, 1.807) is 0 Å². The van der Waals surface area contributed by atoms with Crippen molar-refractivity contribution in [3.8, 4) is 0 Å². The van der Waals surface area contributed by atoms with Crippen LogP contribution in [-0.2, 0) is 19.5 Å². The van der Waals surface area contributed by atoms with E-state index in [1.165, 1.54) is 6.42 Å². The van der Waals surface area contributed by atoms with Crippen LogP contribution >= 0.6 is 0 Å². The van der Waals surface area contributed by atoms with E-state index >= 15 is 0 Å². The van der Waals surface area contributed by atoms with Crippen molar-refractivity contribution < 1.29 is 9.90 Å². The molecule has 2 amide bonds. The van der Waals surface area contributed by atoms with Gasteiger partial charge in [0.25, 0.3) is 0 Å². The summed E-state index contributed by atoms with van der Waals surface area (Å²) in [6, 6.07) is -0.183. The van der Waals surface area contributed by atoms with Crippen LogP contribution in [0.3, 0.4) is 0 Å². The second-order valence-corrected chi connectivity index (χ2v) is 7.03. The van der Waals surface area contributed by atoms with Crippen molar-refractivity contribution in [2.45, 2.75) is 65.5 Å². The van der Waals surface area contributed by atoms with E-state index in [0.717, 1.165) is 50.3 Å². The van der Waals surface area contributed by atoms with Crippen molar-refractivity contribution in [2.24, 2.45) is 5.41 Å². The van der Waals surface area contributed by atoms with E-state index in [4.69, 9.17) is 0 Å². The Hall–Kier alpha value is -1.63. The molecule has 0 atom stereocenters. The number of aromatic nitrogens is 3.